The Morgan fingerprint density at radius 3 is 2.14 bits per heavy atom. The molecule has 1 amide bonds. The number of amides is 1. The minimum Gasteiger partial charge on any atom is -0.376 e. The predicted octanol–water partition coefficient (Wildman–Crippen LogP) is 4.51. The van der Waals surface area contributed by atoms with Crippen LogP contribution in [0.2, 0.25) is 5.02 Å². The van der Waals surface area contributed by atoms with Crippen LogP contribution in [0.25, 0.3) is 21.8 Å². The summed E-state index contributed by atoms with van der Waals surface area (Å²) in [6, 6.07) is 20.1. The van der Waals surface area contributed by atoms with Crippen LogP contribution in [-0.2, 0) is 11.3 Å². The maximum Gasteiger partial charge on any atom is 0.244 e. The summed E-state index contributed by atoms with van der Waals surface area (Å²) in [4.78, 5) is 27.7. The molecule has 0 unspecified atom stereocenters. The Bertz CT molecular complexity index is 1230. The summed E-state index contributed by atoms with van der Waals surface area (Å²) in [6.45, 7) is 0.0701. The van der Waals surface area contributed by atoms with Crippen LogP contribution in [0.4, 0.5) is 11.4 Å². The Labute approximate surface area is 173 Å². The maximum absolute atomic E-state index is 13.0. The SMILES string of the molecule is CN(C)c1ccc(Cl)cc1NC(=O)Cn1c2ccccc2c(=O)c2ccccc21. The van der Waals surface area contributed by atoms with Crippen LogP contribution in [0, 0.1) is 0 Å². The van der Waals surface area contributed by atoms with E-state index in [0.29, 0.717) is 21.5 Å². The third-order valence-electron chi connectivity index (χ3n) is 4.90. The average molecular weight is 406 g/mol. The number of aromatic nitrogens is 1. The minimum absolute atomic E-state index is 0.0300. The second-order valence-corrected chi connectivity index (χ2v) is 7.49. The highest BCUT2D eigenvalue weighted by atomic mass is 35.5. The van der Waals surface area contributed by atoms with Crippen LogP contribution in [0.15, 0.2) is 71.5 Å². The van der Waals surface area contributed by atoms with Gasteiger partial charge in [-0.05, 0) is 42.5 Å². The number of hydrogen-bond donors (Lipinski definition) is 1. The van der Waals surface area contributed by atoms with Gasteiger partial charge in [-0.15, -0.1) is 0 Å². The highest BCUT2D eigenvalue weighted by molar-refractivity contribution is 6.31. The number of fused-ring (bicyclic) bond motifs is 2. The summed E-state index contributed by atoms with van der Waals surface area (Å²) in [6.07, 6.45) is 0. The molecule has 0 atom stereocenters. The van der Waals surface area contributed by atoms with Crippen molar-refractivity contribution in [3.8, 4) is 0 Å². The summed E-state index contributed by atoms with van der Waals surface area (Å²) in [5.74, 6) is -0.200. The van der Waals surface area contributed by atoms with E-state index in [4.69, 9.17) is 11.6 Å². The number of hydrogen-bond acceptors (Lipinski definition) is 3. The Morgan fingerprint density at radius 1 is 0.966 bits per heavy atom. The molecule has 0 spiro atoms. The molecule has 0 aliphatic carbocycles. The first-order valence-corrected chi connectivity index (χ1v) is 9.60. The second kappa shape index (κ2) is 7.60. The number of benzene rings is 3. The number of nitrogens with one attached hydrogen (secondary N) is 1. The highest BCUT2D eigenvalue weighted by Gasteiger charge is 2.14. The molecule has 6 heteroatoms. The molecule has 1 N–H and O–H groups in total. The summed E-state index contributed by atoms with van der Waals surface area (Å²) in [7, 11) is 3.81. The summed E-state index contributed by atoms with van der Waals surface area (Å²) >= 11 is 6.13. The van der Waals surface area contributed by atoms with Gasteiger partial charge in [0.25, 0.3) is 0 Å². The van der Waals surface area contributed by atoms with Gasteiger partial charge >= 0.3 is 0 Å². The molecule has 1 aromatic heterocycles. The van der Waals surface area contributed by atoms with E-state index in [1.807, 2.05) is 66.0 Å². The molecule has 0 aliphatic heterocycles. The van der Waals surface area contributed by atoms with E-state index >= 15 is 0 Å². The van der Waals surface area contributed by atoms with Gasteiger partial charge in [-0.3, -0.25) is 9.59 Å². The predicted molar refractivity (Wildman–Crippen MR) is 120 cm³/mol. The fourth-order valence-corrected chi connectivity index (χ4v) is 3.75. The van der Waals surface area contributed by atoms with Gasteiger partial charge in [-0.25, -0.2) is 0 Å². The second-order valence-electron chi connectivity index (χ2n) is 7.05. The first kappa shape index (κ1) is 19.0. The quantitative estimate of drug-likeness (QED) is 0.508. The van der Waals surface area contributed by atoms with Gasteiger partial charge in [0.1, 0.15) is 6.54 Å². The van der Waals surface area contributed by atoms with E-state index in [1.165, 1.54) is 0 Å². The molecule has 0 saturated heterocycles. The van der Waals surface area contributed by atoms with E-state index in [0.717, 1.165) is 16.7 Å². The van der Waals surface area contributed by atoms with E-state index < -0.39 is 0 Å². The largest absolute Gasteiger partial charge is 0.376 e. The van der Waals surface area contributed by atoms with Crippen molar-refractivity contribution in [2.24, 2.45) is 0 Å². The van der Waals surface area contributed by atoms with Crippen molar-refractivity contribution in [3.63, 3.8) is 0 Å². The molecule has 3 aromatic carbocycles. The van der Waals surface area contributed by atoms with Crippen molar-refractivity contribution >= 4 is 50.7 Å². The molecule has 29 heavy (non-hydrogen) atoms. The molecule has 0 aliphatic rings. The van der Waals surface area contributed by atoms with E-state index in [9.17, 15) is 9.59 Å². The lowest BCUT2D eigenvalue weighted by atomic mass is 10.1. The van der Waals surface area contributed by atoms with Gasteiger partial charge in [-0.2, -0.15) is 0 Å². The zero-order valence-corrected chi connectivity index (χ0v) is 16.9. The van der Waals surface area contributed by atoms with Gasteiger partial charge in [0.05, 0.1) is 22.4 Å². The first-order chi connectivity index (χ1) is 14.0. The molecular weight excluding hydrogens is 386 g/mol. The Morgan fingerprint density at radius 2 is 1.55 bits per heavy atom. The van der Waals surface area contributed by atoms with Crippen LogP contribution < -0.4 is 15.6 Å². The van der Waals surface area contributed by atoms with Gasteiger partial charge < -0.3 is 14.8 Å². The lowest BCUT2D eigenvalue weighted by molar-refractivity contribution is -0.116. The third-order valence-corrected chi connectivity index (χ3v) is 5.13. The molecule has 0 saturated carbocycles. The number of para-hydroxylation sites is 2. The average Bonchev–Trinajstić information content (AvgIpc) is 2.71. The monoisotopic (exact) mass is 405 g/mol. The molecule has 5 nitrogen and oxygen atoms in total. The first-order valence-electron chi connectivity index (χ1n) is 9.22. The van der Waals surface area contributed by atoms with E-state index in [-0.39, 0.29) is 17.9 Å². The highest BCUT2D eigenvalue weighted by Crippen LogP contribution is 2.28. The summed E-state index contributed by atoms with van der Waals surface area (Å²) in [5, 5.41) is 4.69. The topological polar surface area (TPSA) is 54.3 Å². The number of anilines is 2. The third kappa shape index (κ3) is 3.57. The number of nitrogens with zero attached hydrogens (tertiary/aromatic N) is 2. The van der Waals surface area contributed by atoms with Crippen LogP contribution in [0.3, 0.4) is 0 Å². The zero-order valence-electron chi connectivity index (χ0n) is 16.1. The van der Waals surface area contributed by atoms with Gasteiger partial charge in [0, 0.05) is 29.9 Å². The molecule has 1 heterocycles. The standard InChI is InChI=1S/C23H20ClN3O2/c1-26(2)21-12-11-15(24)13-18(21)25-22(28)14-27-19-9-5-3-7-16(19)23(29)17-8-4-6-10-20(17)27/h3-13H,14H2,1-2H3,(H,25,28). The zero-order chi connectivity index (χ0) is 20.5. The van der Waals surface area contributed by atoms with Crippen molar-refractivity contribution in [2.75, 3.05) is 24.3 Å². The van der Waals surface area contributed by atoms with Crippen LogP contribution in [0.1, 0.15) is 0 Å². The smallest absolute Gasteiger partial charge is 0.244 e. The van der Waals surface area contributed by atoms with Crippen LogP contribution in [0.5, 0.6) is 0 Å². The van der Waals surface area contributed by atoms with Gasteiger partial charge in [0.15, 0.2) is 5.43 Å². The molecule has 4 rings (SSSR count). The van der Waals surface area contributed by atoms with E-state index in [1.54, 1.807) is 24.3 Å². The summed E-state index contributed by atoms with van der Waals surface area (Å²) < 4.78 is 1.88. The lowest BCUT2D eigenvalue weighted by Gasteiger charge is -2.19. The number of halogens is 1. The van der Waals surface area contributed by atoms with Crippen LogP contribution >= 0.6 is 11.6 Å². The number of rotatable bonds is 4. The lowest BCUT2D eigenvalue weighted by Crippen LogP contribution is -2.23. The number of carbonyl (C=O) groups is 1. The number of carbonyl (C=O) groups excluding carboxylic acids is 1. The van der Waals surface area contributed by atoms with Gasteiger partial charge in [0.2, 0.25) is 5.91 Å². The molecule has 0 bridgehead atoms. The van der Waals surface area contributed by atoms with Crippen molar-refractivity contribution < 1.29 is 4.79 Å². The van der Waals surface area contributed by atoms with Crippen molar-refractivity contribution in [2.45, 2.75) is 6.54 Å². The molecule has 4 aromatic rings. The maximum atomic E-state index is 13.0. The normalized spacial score (nSPS) is 11.0. The Balaban J connectivity index is 1.79. The van der Waals surface area contributed by atoms with E-state index in [2.05, 4.69) is 5.32 Å². The van der Waals surface area contributed by atoms with Crippen molar-refractivity contribution in [1.29, 1.82) is 0 Å². The van der Waals surface area contributed by atoms with Crippen molar-refractivity contribution in [3.05, 3.63) is 82.0 Å². The van der Waals surface area contributed by atoms with Crippen molar-refractivity contribution in [1.82, 2.24) is 4.57 Å². The minimum atomic E-state index is -0.200. The fraction of sp³-hybridized carbons (Fsp3) is 0.130. The summed E-state index contributed by atoms with van der Waals surface area (Å²) in [5.41, 5.74) is 2.92. The number of pyridine rings is 1. The fourth-order valence-electron chi connectivity index (χ4n) is 3.58. The molecular formula is C23H20ClN3O2. The van der Waals surface area contributed by atoms with Gasteiger partial charge in [-0.1, -0.05) is 35.9 Å². The molecule has 146 valence electrons. The Hall–Kier alpha value is -3.31. The Kier molecular flexibility index (Phi) is 4.99. The molecule has 0 fully saturated rings. The van der Waals surface area contributed by atoms with Crippen LogP contribution in [-0.4, -0.2) is 24.6 Å². The molecule has 0 radical (unpaired) electrons.